The molecule has 1 aliphatic heterocycles. The van der Waals surface area contributed by atoms with Crippen LogP contribution in [-0.2, 0) is 16.2 Å². The first-order chi connectivity index (χ1) is 9.64. The summed E-state index contributed by atoms with van der Waals surface area (Å²) in [7, 11) is -3.98. The lowest BCUT2D eigenvalue weighted by Gasteiger charge is -2.33. The molecule has 0 bridgehead atoms. The number of piperazine rings is 1. The van der Waals surface area contributed by atoms with Crippen molar-refractivity contribution in [1.29, 1.82) is 0 Å². The fourth-order valence-electron chi connectivity index (χ4n) is 2.20. The predicted molar refractivity (Wildman–Crippen MR) is 72.7 cm³/mol. The van der Waals surface area contributed by atoms with E-state index in [2.05, 4.69) is 5.32 Å². The Morgan fingerprint density at radius 3 is 2.62 bits per heavy atom. The maximum atomic E-state index is 12.8. The normalized spacial score (nSPS) is 21.5. The molecule has 4 nitrogen and oxygen atoms in total. The van der Waals surface area contributed by atoms with Gasteiger partial charge in [-0.1, -0.05) is 11.6 Å². The fraction of sp³-hybridized carbons (Fsp3) is 0.500. The lowest BCUT2D eigenvalue weighted by Crippen LogP contribution is -2.52. The smallest absolute Gasteiger partial charge is 0.314 e. The van der Waals surface area contributed by atoms with E-state index in [4.69, 9.17) is 11.6 Å². The van der Waals surface area contributed by atoms with Gasteiger partial charge in [-0.15, -0.1) is 0 Å². The van der Waals surface area contributed by atoms with Crippen molar-refractivity contribution in [3.8, 4) is 0 Å². The molecule has 1 N–H and O–H groups in total. The first-order valence-electron chi connectivity index (χ1n) is 6.23. The van der Waals surface area contributed by atoms with Gasteiger partial charge >= 0.3 is 6.18 Å². The number of sulfonamides is 1. The molecule has 0 amide bonds. The standard InChI is InChI=1S/C12H14ClF3N2O2S/c1-8-7-17-4-5-18(8)21(19,20)9-2-3-11(13)10(6-9)12(14,15)16/h2-3,6,8,17H,4-5,7H2,1H3. The number of nitrogens with zero attached hydrogens (tertiary/aromatic N) is 1. The molecule has 1 saturated heterocycles. The Bertz CT molecular complexity index is 634. The molecule has 1 atom stereocenters. The van der Waals surface area contributed by atoms with Gasteiger partial charge in [0.25, 0.3) is 0 Å². The summed E-state index contributed by atoms with van der Waals surface area (Å²) in [5, 5.41) is 2.51. The Kier molecular flexibility index (Phi) is 4.53. The maximum Gasteiger partial charge on any atom is 0.417 e. The van der Waals surface area contributed by atoms with Gasteiger partial charge in [0.05, 0.1) is 15.5 Å². The minimum Gasteiger partial charge on any atom is -0.314 e. The van der Waals surface area contributed by atoms with Crippen LogP contribution in [0.25, 0.3) is 0 Å². The van der Waals surface area contributed by atoms with Gasteiger partial charge in [-0.3, -0.25) is 0 Å². The number of alkyl halides is 3. The SMILES string of the molecule is CC1CNCCN1S(=O)(=O)c1ccc(Cl)c(C(F)(F)F)c1. The Morgan fingerprint density at radius 1 is 1.38 bits per heavy atom. The van der Waals surface area contributed by atoms with E-state index in [1.54, 1.807) is 6.92 Å². The average Bonchev–Trinajstić information content (AvgIpc) is 2.37. The van der Waals surface area contributed by atoms with E-state index in [-0.39, 0.29) is 12.6 Å². The molecule has 0 spiro atoms. The Morgan fingerprint density at radius 2 is 2.05 bits per heavy atom. The van der Waals surface area contributed by atoms with Crippen LogP contribution in [-0.4, -0.2) is 38.4 Å². The lowest BCUT2D eigenvalue weighted by molar-refractivity contribution is -0.137. The first kappa shape index (κ1) is 16.5. The zero-order valence-electron chi connectivity index (χ0n) is 11.1. The molecule has 0 aliphatic carbocycles. The molecule has 1 aromatic carbocycles. The van der Waals surface area contributed by atoms with Crippen molar-refractivity contribution >= 4 is 21.6 Å². The van der Waals surface area contributed by atoms with Gasteiger partial charge in [-0.2, -0.15) is 17.5 Å². The van der Waals surface area contributed by atoms with Gasteiger partial charge in [0.2, 0.25) is 10.0 Å². The molecule has 1 heterocycles. The van der Waals surface area contributed by atoms with Crippen molar-refractivity contribution in [1.82, 2.24) is 9.62 Å². The molecule has 0 saturated carbocycles. The van der Waals surface area contributed by atoms with Crippen LogP contribution in [0.15, 0.2) is 23.1 Å². The fourth-order valence-corrected chi connectivity index (χ4v) is 4.08. The summed E-state index contributed by atoms with van der Waals surface area (Å²) in [4.78, 5) is -0.395. The predicted octanol–water partition coefficient (Wildman–Crippen LogP) is 2.34. The van der Waals surface area contributed by atoms with Crippen LogP contribution in [0.2, 0.25) is 5.02 Å². The number of hydrogen-bond donors (Lipinski definition) is 1. The summed E-state index contributed by atoms with van der Waals surface area (Å²) in [6, 6.07) is 2.33. The van der Waals surface area contributed by atoms with Crippen LogP contribution in [0, 0.1) is 0 Å². The summed E-state index contributed by atoms with van der Waals surface area (Å²) in [6.07, 6.45) is -4.70. The third-order valence-electron chi connectivity index (χ3n) is 3.29. The molecule has 0 aromatic heterocycles. The van der Waals surface area contributed by atoms with E-state index in [9.17, 15) is 21.6 Å². The van der Waals surface area contributed by atoms with Crippen molar-refractivity contribution in [2.45, 2.75) is 24.0 Å². The first-order valence-corrected chi connectivity index (χ1v) is 8.05. The highest BCUT2D eigenvalue weighted by Gasteiger charge is 2.36. The number of halogens is 4. The number of rotatable bonds is 2. The van der Waals surface area contributed by atoms with Crippen molar-refractivity contribution < 1.29 is 21.6 Å². The molecular weight excluding hydrogens is 329 g/mol. The van der Waals surface area contributed by atoms with Gasteiger partial charge in [-0.25, -0.2) is 8.42 Å². The lowest BCUT2D eigenvalue weighted by atomic mass is 10.2. The third-order valence-corrected chi connectivity index (χ3v) is 5.63. The van der Waals surface area contributed by atoms with Crippen LogP contribution in [0.5, 0.6) is 0 Å². The van der Waals surface area contributed by atoms with Crippen LogP contribution < -0.4 is 5.32 Å². The summed E-state index contributed by atoms with van der Waals surface area (Å²) in [6.45, 7) is 2.83. The van der Waals surface area contributed by atoms with E-state index in [0.29, 0.717) is 19.2 Å². The second-order valence-corrected chi connectivity index (χ2v) is 7.11. The van der Waals surface area contributed by atoms with Crippen LogP contribution >= 0.6 is 11.6 Å². The van der Waals surface area contributed by atoms with Gasteiger partial charge in [0.1, 0.15) is 0 Å². The second kappa shape index (κ2) is 5.75. The monoisotopic (exact) mass is 342 g/mol. The molecule has 21 heavy (non-hydrogen) atoms. The zero-order chi connectivity index (χ0) is 15.8. The highest BCUT2D eigenvalue weighted by Crippen LogP contribution is 2.36. The Hall–Kier alpha value is -0.830. The largest absolute Gasteiger partial charge is 0.417 e. The van der Waals surface area contributed by atoms with E-state index < -0.39 is 31.7 Å². The maximum absolute atomic E-state index is 12.8. The average molecular weight is 343 g/mol. The van der Waals surface area contributed by atoms with Crippen molar-refractivity contribution in [3.05, 3.63) is 28.8 Å². The number of hydrogen-bond acceptors (Lipinski definition) is 3. The Labute approximate surface area is 125 Å². The van der Waals surface area contributed by atoms with Gasteiger partial charge in [0.15, 0.2) is 0 Å². The van der Waals surface area contributed by atoms with Gasteiger partial charge in [0, 0.05) is 25.7 Å². The molecule has 1 aromatic rings. The summed E-state index contributed by atoms with van der Waals surface area (Å²) in [5.74, 6) is 0. The highest BCUT2D eigenvalue weighted by molar-refractivity contribution is 7.89. The quantitative estimate of drug-likeness (QED) is 0.897. The minimum absolute atomic E-state index is 0.216. The number of nitrogens with one attached hydrogen (secondary N) is 1. The molecule has 1 unspecified atom stereocenters. The topological polar surface area (TPSA) is 49.4 Å². The van der Waals surface area contributed by atoms with Crippen LogP contribution in [0.3, 0.4) is 0 Å². The molecular formula is C12H14ClF3N2O2S. The van der Waals surface area contributed by atoms with Gasteiger partial charge < -0.3 is 5.32 Å². The summed E-state index contributed by atoms with van der Waals surface area (Å²) >= 11 is 5.51. The van der Waals surface area contributed by atoms with Crippen molar-refractivity contribution in [2.24, 2.45) is 0 Å². The molecule has 2 rings (SSSR count). The molecule has 9 heteroatoms. The summed E-state index contributed by atoms with van der Waals surface area (Å²) in [5.41, 5.74) is -1.15. The van der Waals surface area contributed by atoms with E-state index in [0.717, 1.165) is 12.1 Å². The van der Waals surface area contributed by atoms with Gasteiger partial charge in [-0.05, 0) is 25.1 Å². The molecule has 1 fully saturated rings. The molecule has 118 valence electrons. The minimum atomic E-state index is -4.70. The van der Waals surface area contributed by atoms with Crippen molar-refractivity contribution in [3.63, 3.8) is 0 Å². The second-order valence-electron chi connectivity index (χ2n) is 4.81. The van der Waals surface area contributed by atoms with E-state index in [1.807, 2.05) is 0 Å². The highest BCUT2D eigenvalue weighted by atomic mass is 35.5. The molecule has 0 radical (unpaired) electrons. The van der Waals surface area contributed by atoms with Crippen LogP contribution in [0.4, 0.5) is 13.2 Å². The Balaban J connectivity index is 2.46. The van der Waals surface area contributed by atoms with E-state index >= 15 is 0 Å². The third kappa shape index (κ3) is 3.33. The number of benzene rings is 1. The zero-order valence-corrected chi connectivity index (χ0v) is 12.7. The molecule has 1 aliphatic rings. The summed E-state index contributed by atoms with van der Waals surface area (Å²) < 4.78 is 64.7. The van der Waals surface area contributed by atoms with E-state index in [1.165, 1.54) is 4.31 Å². The van der Waals surface area contributed by atoms with Crippen molar-refractivity contribution in [2.75, 3.05) is 19.6 Å². The van der Waals surface area contributed by atoms with Crippen LogP contribution in [0.1, 0.15) is 12.5 Å².